The molecular formula is C22H26N2O3S2. The Morgan fingerprint density at radius 3 is 2.59 bits per heavy atom. The minimum Gasteiger partial charge on any atom is -0.493 e. The van der Waals surface area contributed by atoms with E-state index < -0.39 is 5.60 Å². The molecule has 29 heavy (non-hydrogen) atoms. The number of hydrogen-bond acceptors (Lipinski definition) is 7. The zero-order chi connectivity index (χ0) is 21.2. The number of nitrogens with zero attached hydrogens (tertiary/aromatic N) is 2. The number of ether oxygens (including phenoxy) is 2. The Morgan fingerprint density at radius 1 is 1.21 bits per heavy atom. The lowest BCUT2D eigenvalue weighted by atomic mass is 10.1. The average Bonchev–Trinajstić information content (AvgIpc) is 3.28. The van der Waals surface area contributed by atoms with E-state index in [1.165, 1.54) is 22.9 Å². The molecule has 7 heteroatoms. The average molecular weight is 431 g/mol. The summed E-state index contributed by atoms with van der Waals surface area (Å²) in [7, 11) is 0. The van der Waals surface area contributed by atoms with Crippen molar-refractivity contribution in [2.24, 2.45) is 5.92 Å². The van der Waals surface area contributed by atoms with Crippen LogP contribution in [0.25, 0.3) is 21.7 Å². The van der Waals surface area contributed by atoms with Crippen LogP contribution >= 0.6 is 22.9 Å². The zero-order valence-electron chi connectivity index (χ0n) is 17.6. The lowest BCUT2D eigenvalue weighted by molar-refractivity contribution is 0.00742. The molecular weight excluding hydrogens is 404 g/mol. The summed E-state index contributed by atoms with van der Waals surface area (Å²) in [6.45, 7) is 12.3. The fourth-order valence-electron chi connectivity index (χ4n) is 2.64. The van der Waals surface area contributed by atoms with Gasteiger partial charge in [-0.25, -0.2) is 14.2 Å². The largest absolute Gasteiger partial charge is 0.493 e. The van der Waals surface area contributed by atoms with Gasteiger partial charge in [0.2, 0.25) is 0 Å². The second-order valence-electron chi connectivity index (χ2n) is 8.26. The highest BCUT2D eigenvalue weighted by atomic mass is 32.1. The van der Waals surface area contributed by atoms with Crippen molar-refractivity contribution in [1.82, 2.24) is 9.36 Å². The summed E-state index contributed by atoms with van der Waals surface area (Å²) >= 11 is 2.76. The number of carbonyl (C=O) groups excluding carboxylic acids is 1. The first-order valence-corrected chi connectivity index (χ1v) is 11.2. The second-order valence-corrected chi connectivity index (χ2v) is 9.92. The molecule has 0 bridgehead atoms. The molecule has 2 aromatic heterocycles. The first kappa shape index (κ1) is 21.5. The molecule has 0 atom stereocenters. The summed E-state index contributed by atoms with van der Waals surface area (Å²) in [6.07, 6.45) is 1.84. The molecule has 0 saturated carbocycles. The molecule has 0 amide bonds. The Hall–Kier alpha value is -2.25. The zero-order valence-corrected chi connectivity index (χ0v) is 19.2. The molecule has 0 aliphatic heterocycles. The molecule has 0 N–H and O–H groups in total. The number of thiazole rings is 1. The summed E-state index contributed by atoms with van der Waals surface area (Å²) in [5.74, 6) is 0.919. The van der Waals surface area contributed by atoms with Crippen molar-refractivity contribution in [3.8, 4) is 27.4 Å². The standard InChI is InChI=1S/C22H26N2O3S2/c1-13(2)11-26-18-8-7-15(9-17(18)16-10-23-28-12-16)20-24-14(3)19(29-20)21(25)27-22(4,5)6/h7-10,12-13H,11H2,1-6H3. The Balaban J connectivity index is 1.96. The van der Waals surface area contributed by atoms with E-state index in [0.717, 1.165) is 27.4 Å². The smallest absolute Gasteiger partial charge is 0.350 e. The summed E-state index contributed by atoms with van der Waals surface area (Å²) in [5, 5.41) is 2.78. The van der Waals surface area contributed by atoms with E-state index in [0.29, 0.717) is 23.1 Å². The lowest BCUT2D eigenvalue weighted by Crippen LogP contribution is -2.23. The predicted molar refractivity (Wildman–Crippen MR) is 119 cm³/mol. The SMILES string of the molecule is Cc1nc(-c2ccc(OCC(C)C)c(-c3cnsc3)c2)sc1C(=O)OC(C)(C)C. The van der Waals surface area contributed by atoms with Gasteiger partial charge < -0.3 is 9.47 Å². The number of rotatable bonds is 6. The topological polar surface area (TPSA) is 61.3 Å². The molecule has 0 saturated heterocycles. The van der Waals surface area contributed by atoms with Crippen molar-refractivity contribution in [2.45, 2.75) is 47.1 Å². The number of hydrogen-bond donors (Lipinski definition) is 0. The third kappa shape index (κ3) is 5.42. The molecule has 0 aliphatic carbocycles. The summed E-state index contributed by atoms with van der Waals surface area (Å²) < 4.78 is 15.8. The van der Waals surface area contributed by atoms with Crippen molar-refractivity contribution in [3.05, 3.63) is 40.3 Å². The fraction of sp³-hybridized carbons (Fsp3) is 0.409. The Labute approximate surface area is 179 Å². The van der Waals surface area contributed by atoms with Crippen LogP contribution in [0.4, 0.5) is 0 Å². The number of aromatic nitrogens is 2. The van der Waals surface area contributed by atoms with Gasteiger partial charge in [0, 0.05) is 28.3 Å². The van der Waals surface area contributed by atoms with Crippen LogP contribution in [0.5, 0.6) is 5.75 Å². The molecule has 154 valence electrons. The molecule has 3 aromatic rings. The highest BCUT2D eigenvalue weighted by molar-refractivity contribution is 7.17. The molecule has 0 spiro atoms. The highest BCUT2D eigenvalue weighted by Gasteiger charge is 2.23. The quantitative estimate of drug-likeness (QED) is 0.434. The molecule has 0 aliphatic rings. The second kappa shape index (κ2) is 8.63. The van der Waals surface area contributed by atoms with E-state index in [1.807, 2.05) is 51.4 Å². The van der Waals surface area contributed by atoms with Crippen LogP contribution in [0.15, 0.2) is 29.8 Å². The minimum atomic E-state index is -0.539. The van der Waals surface area contributed by atoms with E-state index in [9.17, 15) is 4.79 Å². The van der Waals surface area contributed by atoms with Gasteiger partial charge in [-0.2, -0.15) is 0 Å². The van der Waals surface area contributed by atoms with Gasteiger partial charge in [0.25, 0.3) is 0 Å². The number of aryl methyl sites for hydroxylation is 1. The maximum absolute atomic E-state index is 12.5. The number of carbonyl (C=O) groups is 1. The third-order valence-electron chi connectivity index (χ3n) is 3.92. The first-order chi connectivity index (χ1) is 13.6. The van der Waals surface area contributed by atoms with Crippen molar-refractivity contribution in [1.29, 1.82) is 0 Å². The summed E-state index contributed by atoms with van der Waals surface area (Å²) in [5.41, 5.74) is 3.06. The summed E-state index contributed by atoms with van der Waals surface area (Å²) in [6, 6.07) is 6.00. The Morgan fingerprint density at radius 2 is 1.97 bits per heavy atom. The summed E-state index contributed by atoms with van der Waals surface area (Å²) in [4.78, 5) is 17.7. The van der Waals surface area contributed by atoms with Gasteiger partial charge in [0.1, 0.15) is 21.2 Å². The van der Waals surface area contributed by atoms with Gasteiger partial charge in [-0.3, -0.25) is 0 Å². The van der Waals surface area contributed by atoms with Crippen LogP contribution in [-0.2, 0) is 4.74 Å². The number of esters is 1. The molecule has 0 fully saturated rings. The van der Waals surface area contributed by atoms with Crippen molar-refractivity contribution >= 4 is 28.8 Å². The van der Waals surface area contributed by atoms with E-state index >= 15 is 0 Å². The maximum atomic E-state index is 12.5. The van der Waals surface area contributed by atoms with Crippen LogP contribution < -0.4 is 4.74 Å². The highest BCUT2D eigenvalue weighted by Crippen LogP contribution is 2.37. The van der Waals surface area contributed by atoms with Gasteiger partial charge >= 0.3 is 5.97 Å². The normalized spacial score (nSPS) is 11.7. The van der Waals surface area contributed by atoms with Crippen LogP contribution in [0.3, 0.4) is 0 Å². The maximum Gasteiger partial charge on any atom is 0.350 e. The van der Waals surface area contributed by atoms with Gasteiger partial charge in [0.05, 0.1) is 12.3 Å². The van der Waals surface area contributed by atoms with Crippen LogP contribution in [0.1, 0.15) is 50.0 Å². The van der Waals surface area contributed by atoms with E-state index in [4.69, 9.17) is 9.47 Å². The fourth-order valence-corrected chi connectivity index (χ4v) is 4.12. The van der Waals surface area contributed by atoms with Gasteiger partial charge in [-0.1, -0.05) is 13.8 Å². The van der Waals surface area contributed by atoms with Crippen molar-refractivity contribution < 1.29 is 14.3 Å². The Bertz CT molecular complexity index is 986. The first-order valence-electron chi connectivity index (χ1n) is 9.52. The van der Waals surface area contributed by atoms with Crippen molar-refractivity contribution in [3.63, 3.8) is 0 Å². The number of benzene rings is 1. The van der Waals surface area contributed by atoms with E-state index in [-0.39, 0.29) is 5.97 Å². The molecule has 3 rings (SSSR count). The third-order valence-corrected chi connectivity index (χ3v) is 5.70. The Kier molecular flexibility index (Phi) is 6.39. The van der Waals surface area contributed by atoms with Gasteiger partial charge in [-0.05, 0) is 63.3 Å². The van der Waals surface area contributed by atoms with Crippen LogP contribution in [-0.4, -0.2) is 27.5 Å². The molecule has 1 aromatic carbocycles. The molecule has 0 radical (unpaired) electrons. The van der Waals surface area contributed by atoms with Crippen LogP contribution in [0, 0.1) is 12.8 Å². The van der Waals surface area contributed by atoms with E-state index in [2.05, 4.69) is 29.3 Å². The predicted octanol–water partition coefficient (Wildman–Crippen LogP) is 6.23. The molecule has 2 heterocycles. The molecule has 5 nitrogen and oxygen atoms in total. The van der Waals surface area contributed by atoms with Gasteiger partial charge in [0.15, 0.2) is 0 Å². The van der Waals surface area contributed by atoms with Crippen molar-refractivity contribution in [2.75, 3.05) is 6.61 Å². The van der Waals surface area contributed by atoms with Crippen LogP contribution in [0.2, 0.25) is 0 Å². The van der Waals surface area contributed by atoms with Gasteiger partial charge in [-0.15, -0.1) is 11.3 Å². The lowest BCUT2D eigenvalue weighted by Gasteiger charge is -2.18. The monoisotopic (exact) mass is 430 g/mol. The minimum absolute atomic E-state index is 0.335. The molecule has 0 unspecified atom stereocenters. The van der Waals surface area contributed by atoms with E-state index in [1.54, 1.807) is 0 Å².